The molecule has 5 atom stereocenters. The number of ether oxygens (including phenoxy) is 1. The van der Waals surface area contributed by atoms with Gasteiger partial charge in [-0.3, -0.25) is 39.0 Å². The summed E-state index contributed by atoms with van der Waals surface area (Å²) in [5, 5.41) is 42.6. The Labute approximate surface area is 270 Å². The van der Waals surface area contributed by atoms with Crippen molar-refractivity contribution in [1.82, 2.24) is 5.32 Å². The predicted molar refractivity (Wildman–Crippen MR) is 166 cm³/mol. The van der Waals surface area contributed by atoms with Gasteiger partial charge in [0.25, 0.3) is 0 Å². The largest absolute Gasteiger partial charge is 0.480 e. The minimum atomic E-state index is -1.25. The average Bonchev–Trinajstić information content (AvgIpc) is 2.96. The second-order valence-electron chi connectivity index (χ2n) is 9.46. The van der Waals surface area contributed by atoms with Gasteiger partial charge in [-0.25, -0.2) is 0 Å². The number of carbonyl (C=O) groups excluding carboxylic acids is 3. The maximum atomic E-state index is 11.3. The molecule has 0 radical (unpaired) electrons. The van der Waals surface area contributed by atoms with E-state index in [0.29, 0.717) is 32.4 Å². The Kier molecular flexibility index (Phi) is 31.4. The molecule has 0 aliphatic rings. The molecule has 47 heavy (non-hydrogen) atoms. The number of carbonyl (C=O) groups is 7. The lowest BCUT2D eigenvalue weighted by atomic mass is 10.1. The molecule has 0 aliphatic carbocycles. The molecule has 0 saturated heterocycles. The van der Waals surface area contributed by atoms with Crippen LogP contribution in [0, 0.1) is 5.41 Å². The predicted octanol–water partition coefficient (Wildman–Crippen LogP) is -6.00. The normalized spacial score (nSPS) is 13.0. The van der Waals surface area contributed by atoms with E-state index in [1.807, 2.05) is 0 Å². The van der Waals surface area contributed by atoms with Crippen molar-refractivity contribution in [2.45, 2.75) is 81.6 Å². The number of carboxylic acids is 4. The Morgan fingerprint density at radius 3 is 1.43 bits per heavy atom. The van der Waals surface area contributed by atoms with Crippen LogP contribution in [0.15, 0.2) is 0 Å². The fraction of sp³-hybridized carbons (Fsp3) is 0.667. The van der Waals surface area contributed by atoms with Gasteiger partial charge in [0.05, 0.1) is 6.42 Å². The molecule has 0 aromatic heterocycles. The molecule has 0 aromatic carbocycles. The summed E-state index contributed by atoms with van der Waals surface area (Å²) in [6.45, 7) is 0.616. The molecule has 0 aliphatic heterocycles. The van der Waals surface area contributed by atoms with E-state index in [9.17, 15) is 33.6 Å². The van der Waals surface area contributed by atoms with Gasteiger partial charge in [-0.15, -0.1) is 0 Å². The molecule has 0 aromatic rings. The zero-order valence-electron chi connectivity index (χ0n) is 25.9. The summed E-state index contributed by atoms with van der Waals surface area (Å²) in [5.41, 5.74) is 45.5. The first-order chi connectivity index (χ1) is 21.6. The molecular formula is C24H51N11O12. The van der Waals surface area contributed by atoms with E-state index in [0.717, 1.165) is 12.8 Å². The first-order valence-electron chi connectivity index (χ1n) is 13.8. The standard InChI is InChI=1S/C9H19N5O4.C6H14N2O2.C5H10N2O3.C4H8N2O3/c10-5(2-1-3-14-9(12)13)8(17)18-4-6(11)7(15)16;7-4-2-1-3-5(8)6(9)10;6-3(5(9)10)1-2-4(7)8;5-2(4(8)9)1-3(6)7/h5-6H,1-4,10-11H2,(H,15,16)(H4,12,13,14);5H,1-4,7-8H2,(H,9,10);3H,1-2,6H2,(H2,7,8)(H,9,10);2H,1,5H2,(H2,6,7)(H,8,9)/t5-,6-;5-;3-;2-/m0000/s1. The van der Waals surface area contributed by atoms with Crippen LogP contribution in [0.3, 0.4) is 0 Å². The van der Waals surface area contributed by atoms with Gasteiger partial charge in [0, 0.05) is 13.0 Å². The van der Waals surface area contributed by atoms with Gasteiger partial charge in [0.2, 0.25) is 11.8 Å². The number of nitrogens with one attached hydrogen (secondary N) is 2. The van der Waals surface area contributed by atoms with Crippen molar-refractivity contribution in [2.24, 2.45) is 51.6 Å². The highest BCUT2D eigenvalue weighted by Crippen LogP contribution is 1.98. The summed E-state index contributed by atoms with van der Waals surface area (Å²) < 4.78 is 4.65. The third-order valence-corrected chi connectivity index (χ3v) is 5.08. The van der Waals surface area contributed by atoms with Crippen LogP contribution < -0.4 is 56.9 Å². The number of amides is 2. The number of aliphatic carboxylic acids is 4. The third-order valence-electron chi connectivity index (χ3n) is 5.08. The van der Waals surface area contributed by atoms with Crippen LogP contribution in [-0.2, 0) is 38.3 Å². The molecule has 23 nitrogen and oxygen atoms in total. The van der Waals surface area contributed by atoms with E-state index in [2.05, 4.69) is 15.8 Å². The second kappa shape index (κ2) is 30.0. The molecule has 0 heterocycles. The number of esters is 1. The van der Waals surface area contributed by atoms with Gasteiger partial charge in [0.1, 0.15) is 36.8 Å². The summed E-state index contributed by atoms with van der Waals surface area (Å²) in [5.74, 6) is -6.59. The van der Waals surface area contributed by atoms with E-state index < -0.39 is 78.5 Å². The zero-order chi connectivity index (χ0) is 37.7. The highest BCUT2D eigenvalue weighted by atomic mass is 16.5. The van der Waals surface area contributed by atoms with E-state index in [1.165, 1.54) is 0 Å². The van der Waals surface area contributed by atoms with Crippen LogP contribution >= 0.6 is 0 Å². The number of primary amides is 2. The Morgan fingerprint density at radius 1 is 0.617 bits per heavy atom. The van der Waals surface area contributed by atoms with Gasteiger partial charge in [-0.05, 0) is 38.6 Å². The molecule has 0 unspecified atom stereocenters. The molecule has 0 saturated carbocycles. The monoisotopic (exact) mass is 685 g/mol. The first-order valence-corrected chi connectivity index (χ1v) is 13.8. The van der Waals surface area contributed by atoms with Crippen molar-refractivity contribution in [3.8, 4) is 0 Å². The van der Waals surface area contributed by atoms with Crippen LogP contribution in [0.4, 0.5) is 0 Å². The molecule has 2 amide bonds. The SMILES string of the molecule is N=C(N)NCCC[C@H](N)C(=O)OC[C@H](N)C(=O)O.NC(=O)CC[C@H](N)C(=O)O.NC(=O)C[C@H](N)C(=O)O.NCCCC[C@H](N)C(=O)O. The van der Waals surface area contributed by atoms with E-state index in [4.69, 9.17) is 71.7 Å². The zero-order valence-corrected chi connectivity index (χ0v) is 25.9. The maximum absolute atomic E-state index is 11.3. The highest BCUT2D eigenvalue weighted by Gasteiger charge is 2.19. The number of nitrogens with two attached hydrogens (primary N) is 9. The number of unbranched alkanes of at least 4 members (excludes halogenated alkanes) is 1. The number of hydrogen-bond acceptors (Lipinski definition) is 15. The molecule has 23 heteroatoms. The smallest absolute Gasteiger partial charge is 0.324 e. The molecule has 0 fully saturated rings. The number of hydrogen-bond donors (Lipinski definition) is 15. The quantitative estimate of drug-likeness (QED) is 0.0245. The molecular weight excluding hydrogens is 634 g/mol. The number of guanidine groups is 1. The van der Waals surface area contributed by atoms with Gasteiger partial charge in [-0.2, -0.15) is 0 Å². The lowest BCUT2D eigenvalue weighted by Crippen LogP contribution is -2.40. The van der Waals surface area contributed by atoms with Crippen molar-refractivity contribution in [3.63, 3.8) is 0 Å². The van der Waals surface area contributed by atoms with Crippen molar-refractivity contribution in [1.29, 1.82) is 5.41 Å². The molecule has 0 rings (SSSR count). The summed E-state index contributed by atoms with van der Waals surface area (Å²) in [6, 6.07) is -4.96. The van der Waals surface area contributed by atoms with E-state index >= 15 is 0 Å². The van der Waals surface area contributed by atoms with Crippen molar-refractivity contribution in [3.05, 3.63) is 0 Å². The summed E-state index contributed by atoms with van der Waals surface area (Å²) in [6.07, 6.45) is 2.84. The van der Waals surface area contributed by atoms with Crippen molar-refractivity contribution < 1.29 is 58.7 Å². The fourth-order valence-electron chi connectivity index (χ4n) is 2.37. The Morgan fingerprint density at radius 2 is 1.06 bits per heavy atom. The second-order valence-corrected chi connectivity index (χ2v) is 9.46. The lowest BCUT2D eigenvalue weighted by Gasteiger charge is -2.13. The lowest BCUT2D eigenvalue weighted by molar-refractivity contribution is -0.149. The third kappa shape index (κ3) is 37.4. The Hall–Kier alpha value is -4.68. The van der Waals surface area contributed by atoms with Gasteiger partial charge in [-0.1, -0.05) is 6.42 Å². The van der Waals surface area contributed by atoms with E-state index in [1.54, 1.807) is 0 Å². The summed E-state index contributed by atoms with van der Waals surface area (Å²) >= 11 is 0. The number of carboxylic acid groups (broad SMARTS) is 4. The maximum Gasteiger partial charge on any atom is 0.324 e. The molecule has 24 N–H and O–H groups in total. The van der Waals surface area contributed by atoms with Crippen LogP contribution in [-0.4, -0.2) is 118 Å². The molecule has 274 valence electrons. The molecule has 0 spiro atoms. The van der Waals surface area contributed by atoms with E-state index in [-0.39, 0.29) is 25.2 Å². The number of rotatable bonds is 20. The summed E-state index contributed by atoms with van der Waals surface area (Å²) in [7, 11) is 0. The Balaban J connectivity index is -0.000000276. The molecule has 0 bridgehead atoms. The van der Waals surface area contributed by atoms with Gasteiger partial charge >= 0.3 is 29.8 Å². The van der Waals surface area contributed by atoms with Crippen molar-refractivity contribution >= 4 is 47.6 Å². The average molecular weight is 686 g/mol. The van der Waals surface area contributed by atoms with Crippen LogP contribution in [0.5, 0.6) is 0 Å². The van der Waals surface area contributed by atoms with Gasteiger partial charge in [0.15, 0.2) is 5.96 Å². The van der Waals surface area contributed by atoms with Crippen LogP contribution in [0.1, 0.15) is 51.4 Å². The van der Waals surface area contributed by atoms with Gasteiger partial charge < -0.3 is 82.1 Å². The minimum absolute atomic E-state index is 0.0213. The first kappa shape index (κ1) is 49.2. The van der Waals surface area contributed by atoms with Crippen LogP contribution in [0.25, 0.3) is 0 Å². The Bertz CT molecular complexity index is 988. The van der Waals surface area contributed by atoms with Crippen LogP contribution in [0.2, 0.25) is 0 Å². The fourth-order valence-corrected chi connectivity index (χ4v) is 2.37. The van der Waals surface area contributed by atoms with Crippen molar-refractivity contribution in [2.75, 3.05) is 19.7 Å². The highest BCUT2D eigenvalue weighted by molar-refractivity contribution is 5.83. The summed E-state index contributed by atoms with van der Waals surface area (Å²) in [4.78, 5) is 71.9. The minimum Gasteiger partial charge on any atom is -0.480 e. The topological polar surface area (TPSA) is 480 Å².